The molecule has 1 aromatic rings. The summed E-state index contributed by atoms with van der Waals surface area (Å²) in [7, 11) is 1.49. The Morgan fingerprint density at radius 1 is 1.53 bits per heavy atom. The number of aromatic carboxylic acids is 1. The standard InChI is InChI=1S/C10H13NO3.ClH/c1-6(11)8-4-3-7(10(12)13)5-9(8)14-2;/h3-6H,11H2,1-2H3,(H,12,13);1H/t6-;/m0./s1. The summed E-state index contributed by atoms with van der Waals surface area (Å²) in [6.07, 6.45) is 0. The molecule has 0 radical (unpaired) electrons. The number of nitrogens with two attached hydrogens (primary N) is 1. The minimum atomic E-state index is -0.973. The van der Waals surface area contributed by atoms with Crippen molar-refractivity contribution in [1.82, 2.24) is 0 Å². The van der Waals surface area contributed by atoms with E-state index in [1.54, 1.807) is 6.07 Å². The van der Waals surface area contributed by atoms with Crippen LogP contribution >= 0.6 is 12.4 Å². The van der Waals surface area contributed by atoms with Crippen molar-refractivity contribution < 1.29 is 14.6 Å². The van der Waals surface area contributed by atoms with E-state index >= 15 is 0 Å². The number of hydrogen-bond acceptors (Lipinski definition) is 3. The summed E-state index contributed by atoms with van der Waals surface area (Å²) < 4.78 is 5.05. The molecule has 0 aliphatic heterocycles. The molecule has 0 amide bonds. The number of rotatable bonds is 3. The molecule has 1 rings (SSSR count). The Kier molecular flexibility index (Phi) is 5.11. The van der Waals surface area contributed by atoms with Gasteiger partial charge in [-0.2, -0.15) is 0 Å². The Balaban J connectivity index is 0.00000196. The third-order valence-electron chi connectivity index (χ3n) is 1.97. The van der Waals surface area contributed by atoms with Crippen LogP contribution in [0.3, 0.4) is 0 Å². The summed E-state index contributed by atoms with van der Waals surface area (Å²) in [6.45, 7) is 1.82. The Hall–Kier alpha value is -1.26. The lowest BCUT2D eigenvalue weighted by molar-refractivity contribution is 0.0696. The van der Waals surface area contributed by atoms with Crippen molar-refractivity contribution in [2.45, 2.75) is 13.0 Å². The van der Waals surface area contributed by atoms with Crippen molar-refractivity contribution in [3.05, 3.63) is 29.3 Å². The summed E-state index contributed by atoms with van der Waals surface area (Å²) in [4.78, 5) is 10.7. The number of methoxy groups -OCH3 is 1. The minimum absolute atomic E-state index is 0. The number of carbonyl (C=O) groups is 1. The van der Waals surface area contributed by atoms with E-state index in [0.717, 1.165) is 5.56 Å². The maximum atomic E-state index is 10.7. The van der Waals surface area contributed by atoms with Crippen molar-refractivity contribution in [3.63, 3.8) is 0 Å². The molecule has 0 heterocycles. The van der Waals surface area contributed by atoms with E-state index < -0.39 is 5.97 Å². The molecule has 3 N–H and O–H groups in total. The van der Waals surface area contributed by atoms with E-state index in [-0.39, 0.29) is 24.0 Å². The molecule has 0 saturated heterocycles. The van der Waals surface area contributed by atoms with Gasteiger partial charge in [0.25, 0.3) is 0 Å². The van der Waals surface area contributed by atoms with Gasteiger partial charge in [0, 0.05) is 11.6 Å². The molecule has 5 heteroatoms. The molecule has 0 fully saturated rings. The zero-order valence-electron chi connectivity index (χ0n) is 8.56. The Morgan fingerprint density at radius 2 is 2.13 bits per heavy atom. The highest BCUT2D eigenvalue weighted by Crippen LogP contribution is 2.24. The van der Waals surface area contributed by atoms with Crippen molar-refractivity contribution in [1.29, 1.82) is 0 Å². The van der Waals surface area contributed by atoms with Crippen LogP contribution in [0.15, 0.2) is 18.2 Å². The van der Waals surface area contributed by atoms with Gasteiger partial charge < -0.3 is 15.6 Å². The van der Waals surface area contributed by atoms with Crippen molar-refractivity contribution >= 4 is 18.4 Å². The highest BCUT2D eigenvalue weighted by molar-refractivity contribution is 5.88. The van der Waals surface area contributed by atoms with Gasteiger partial charge in [-0.05, 0) is 19.1 Å². The van der Waals surface area contributed by atoms with Gasteiger partial charge in [-0.15, -0.1) is 12.4 Å². The molecule has 0 unspecified atom stereocenters. The van der Waals surface area contributed by atoms with Gasteiger partial charge in [0.05, 0.1) is 12.7 Å². The maximum absolute atomic E-state index is 10.7. The molecule has 1 atom stereocenters. The zero-order chi connectivity index (χ0) is 10.7. The van der Waals surface area contributed by atoms with Crippen LogP contribution in [-0.4, -0.2) is 18.2 Å². The van der Waals surface area contributed by atoms with Crippen LogP contribution < -0.4 is 10.5 Å². The normalized spacial score (nSPS) is 11.4. The van der Waals surface area contributed by atoms with Crippen LogP contribution in [0.5, 0.6) is 5.75 Å². The monoisotopic (exact) mass is 231 g/mol. The van der Waals surface area contributed by atoms with Gasteiger partial charge in [0.15, 0.2) is 0 Å². The molecule has 0 aliphatic carbocycles. The first-order valence-electron chi connectivity index (χ1n) is 4.23. The Morgan fingerprint density at radius 3 is 2.53 bits per heavy atom. The van der Waals surface area contributed by atoms with E-state index in [0.29, 0.717) is 5.75 Å². The fraction of sp³-hybridized carbons (Fsp3) is 0.300. The number of hydrogen-bond donors (Lipinski definition) is 2. The fourth-order valence-corrected chi connectivity index (χ4v) is 1.22. The molecule has 0 bridgehead atoms. The minimum Gasteiger partial charge on any atom is -0.496 e. The largest absolute Gasteiger partial charge is 0.496 e. The van der Waals surface area contributed by atoms with Gasteiger partial charge >= 0.3 is 5.97 Å². The lowest BCUT2D eigenvalue weighted by Crippen LogP contribution is -2.08. The van der Waals surface area contributed by atoms with E-state index in [9.17, 15) is 4.79 Å². The molecular weight excluding hydrogens is 218 g/mol. The topological polar surface area (TPSA) is 72.5 Å². The molecule has 1 aromatic carbocycles. The lowest BCUT2D eigenvalue weighted by atomic mass is 10.1. The summed E-state index contributed by atoms with van der Waals surface area (Å²) in [5, 5.41) is 8.75. The Labute approximate surface area is 94.5 Å². The third kappa shape index (κ3) is 3.11. The van der Waals surface area contributed by atoms with Gasteiger partial charge in [0.1, 0.15) is 5.75 Å². The molecule has 0 saturated carbocycles. The number of halogens is 1. The smallest absolute Gasteiger partial charge is 0.335 e. The second kappa shape index (κ2) is 5.58. The number of carboxylic acid groups (broad SMARTS) is 1. The van der Waals surface area contributed by atoms with E-state index in [1.165, 1.54) is 19.2 Å². The van der Waals surface area contributed by atoms with Crippen LogP contribution in [0.1, 0.15) is 28.9 Å². The van der Waals surface area contributed by atoms with Gasteiger partial charge in [-0.3, -0.25) is 0 Å². The number of ether oxygens (including phenoxy) is 1. The van der Waals surface area contributed by atoms with Gasteiger partial charge in [0.2, 0.25) is 0 Å². The van der Waals surface area contributed by atoms with Crippen LogP contribution in [0.25, 0.3) is 0 Å². The molecule has 84 valence electrons. The zero-order valence-corrected chi connectivity index (χ0v) is 9.38. The number of carboxylic acids is 1. The first kappa shape index (κ1) is 13.7. The quantitative estimate of drug-likeness (QED) is 0.833. The van der Waals surface area contributed by atoms with E-state index in [1.807, 2.05) is 6.92 Å². The summed E-state index contributed by atoms with van der Waals surface area (Å²) in [6, 6.07) is 4.49. The summed E-state index contributed by atoms with van der Waals surface area (Å²) in [5.74, 6) is -0.459. The molecular formula is C10H14ClNO3. The van der Waals surface area contributed by atoms with Crippen LogP contribution in [-0.2, 0) is 0 Å². The van der Waals surface area contributed by atoms with Crippen LogP contribution in [0.2, 0.25) is 0 Å². The van der Waals surface area contributed by atoms with E-state index in [2.05, 4.69) is 0 Å². The predicted octanol–water partition coefficient (Wildman–Crippen LogP) is 1.83. The predicted molar refractivity (Wildman–Crippen MR) is 59.8 cm³/mol. The van der Waals surface area contributed by atoms with Crippen molar-refractivity contribution in [2.24, 2.45) is 5.73 Å². The molecule has 4 nitrogen and oxygen atoms in total. The fourth-order valence-electron chi connectivity index (χ4n) is 1.22. The summed E-state index contributed by atoms with van der Waals surface area (Å²) >= 11 is 0. The molecule has 0 aromatic heterocycles. The SMILES string of the molecule is COc1cc(C(=O)O)ccc1[C@H](C)N.Cl. The maximum Gasteiger partial charge on any atom is 0.335 e. The van der Waals surface area contributed by atoms with Crippen LogP contribution in [0, 0.1) is 0 Å². The lowest BCUT2D eigenvalue weighted by Gasteiger charge is -2.11. The van der Waals surface area contributed by atoms with Gasteiger partial charge in [-0.25, -0.2) is 4.79 Å². The average Bonchev–Trinajstić information content (AvgIpc) is 2.16. The highest BCUT2D eigenvalue weighted by Gasteiger charge is 2.11. The van der Waals surface area contributed by atoms with Crippen LogP contribution in [0.4, 0.5) is 0 Å². The second-order valence-electron chi connectivity index (χ2n) is 3.05. The van der Waals surface area contributed by atoms with Gasteiger partial charge in [-0.1, -0.05) is 6.07 Å². The first-order valence-corrected chi connectivity index (χ1v) is 4.23. The summed E-state index contributed by atoms with van der Waals surface area (Å²) in [5.41, 5.74) is 6.69. The van der Waals surface area contributed by atoms with E-state index in [4.69, 9.17) is 15.6 Å². The molecule has 0 aliphatic rings. The molecule has 0 spiro atoms. The third-order valence-corrected chi connectivity index (χ3v) is 1.97. The van der Waals surface area contributed by atoms with Crippen molar-refractivity contribution in [3.8, 4) is 5.75 Å². The highest BCUT2D eigenvalue weighted by atomic mass is 35.5. The molecule has 15 heavy (non-hydrogen) atoms. The average molecular weight is 232 g/mol. The first-order chi connectivity index (χ1) is 6.56. The number of benzene rings is 1. The van der Waals surface area contributed by atoms with Crippen molar-refractivity contribution in [2.75, 3.05) is 7.11 Å². The second-order valence-corrected chi connectivity index (χ2v) is 3.05. The Bertz CT molecular complexity index is 353.